The Hall–Kier alpha value is -0.900. The number of benzene rings is 1. The van der Waals surface area contributed by atoms with Crippen LogP contribution in [0.1, 0.15) is 50.2 Å². The summed E-state index contributed by atoms with van der Waals surface area (Å²) in [5.74, 6) is 0.925. The molecule has 31 heavy (non-hydrogen) atoms. The number of hydrogen-bond donors (Lipinski definition) is 2. The maximum atomic E-state index is 5.62. The first-order valence-electron chi connectivity index (χ1n) is 11.7. The van der Waals surface area contributed by atoms with Crippen molar-refractivity contribution in [3.8, 4) is 0 Å². The Bertz CT molecular complexity index is 670. The highest BCUT2D eigenvalue weighted by molar-refractivity contribution is 14.0. The molecule has 1 aliphatic carbocycles. The largest absolute Gasteiger partial charge is 0.379 e. The fraction of sp³-hybridized carbons (Fsp3) is 0.708. The molecule has 2 N–H and O–H groups in total. The second kappa shape index (κ2) is 13.6. The fourth-order valence-electron chi connectivity index (χ4n) is 4.80. The molecule has 6 nitrogen and oxygen atoms in total. The third-order valence-electron chi connectivity index (χ3n) is 6.31. The molecule has 0 spiro atoms. The standard InChI is InChI=1S/C24H41N5O.HI/c1-4-25-23(26-18-21-9-8-10-22(17-21)19-28(2)3)27-20-24(11-6-5-7-12-24)29-13-15-30-16-14-29;/h8-10,17H,4-7,11-16,18-20H2,1-3H3,(H2,25,26,27);1H. The maximum absolute atomic E-state index is 5.62. The van der Waals surface area contributed by atoms with Crippen molar-refractivity contribution in [1.82, 2.24) is 20.4 Å². The minimum absolute atomic E-state index is 0. The summed E-state index contributed by atoms with van der Waals surface area (Å²) in [7, 11) is 4.21. The smallest absolute Gasteiger partial charge is 0.191 e. The Morgan fingerprint density at radius 2 is 1.81 bits per heavy atom. The summed E-state index contributed by atoms with van der Waals surface area (Å²) in [5, 5.41) is 7.14. The average Bonchev–Trinajstić information content (AvgIpc) is 2.77. The third-order valence-corrected chi connectivity index (χ3v) is 6.31. The van der Waals surface area contributed by atoms with Gasteiger partial charge in [-0.05, 0) is 45.0 Å². The molecule has 0 radical (unpaired) electrons. The van der Waals surface area contributed by atoms with E-state index in [2.05, 4.69) is 65.7 Å². The predicted octanol–water partition coefficient (Wildman–Crippen LogP) is 3.46. The van der Waals surface area contributed by atoms with Crippen LogP contribution in [0.4, 0.5) is 0 Å². The molecule has 0 atom stereocenters. The third kappa shape index (κ3) is 8.18. The zero-order chi connectivity index (χ0) is 21.2. The van der Waals surface area contributed by atoms with Crippen LogP contribution in [0.25, 0.3) is 0 Å². The van der Waals surface area contributed by atoms with E-state index in [-0.39, 0.29) is 29.5 Å². The lowest BCUT2D eigenvalue weighted by Gasteiger charge is -2.48. The van der Waals surface area contributed by atoms with Gasteiger partial charge in [-0.2, -0.15) is 0 Å². The molecule has 1 aromatic carbocycles. The first-order chi connectivity index (χ1) is 14.6. The molecule has 0 aromatic heterocycles. The van der Waals surface area contributed by atoms with Crippen LogP contribution in [-0.2, 0) is 17.8 Å². The van der Waals surface area contributed by atoms with E-state index < -0.39 is 0 Å². The number of morpholine rings is 1. The van der Waals surface area contributed by atoms with Crippen molar-refractivity contribution < 1.29 is 4.74 Å². The Morgan fingerprint density at radius 1 is 1.10 bits per heavy atom. The van der Waals surface area contributed by atoms with Gasteiger partial charge in [-0.1, -0.05) is 43.5 Å². The van der Waals surface area contributed by atoms with Crippen LogP contribution in [0.15, 0.2) is 29.3 Å². The van der Waals surface area contributed by atoms with Crippen molar-refractivity contribution in [3.63, 3.8) is 0 Å². The molecule has 1 aliphatic heterocycles. The van der Waals surface area contributed by atoms with E-state index >= 15 is 0 Å². The SMILES string of the molecule is CCNC(=NCc1cccc(CN(C)C)c1)NCC1(N2CCOCC2)CCCCC1.I. The van der Waals surface area contributed by atoms with E-state index in [0.717, 1.165) is 51.9 Å². The second-order valence-electron chi connectivity index (χ2n) is 8.99. The van der Waals surface area contributed by atoms with Crippen LogP contribution in [0, 0.1) is 0 Å². The molecular weight excluding hydrogens is 501 g/mol. The molecule has 0 bridgehead atoms. The van der Waals surface area contributed by atoms with Gasteiger partial charge in [0.1, 0.15) is 0 Å². The minimum atomic E-state index is 0. The number of aliphatic imine (C=N–C) groups is 1. The molecule has 1 saturated heterocycles. The number of hydrogen-bond acceptors (Lipinski definition) is 4. The Labute approximate surface area is 206 Å². The summed E-state index contributed by atoms with van der Waals surface area (Å²) in [4.78, 5) is 9.78. The van der Waals surface area contributed by atoms with Crippen molar-refractivity contribution in [3.05, 3.63) is 35.4 Å². The van der Waals surface area contributed by atoms with Crippen LogP contribution in [0.2, 0.25) is 0 Å². The Kier molecular flexibility index (Phi) is 11.6. The quantitative estimate of drug-likeness (QED) is 0.299. The molecule has 3 rings (SSSR count). The van der Waals surface area contributed by atoms with Crippen molar-refractivity contribution in [2.75, 3.05) is 53.5 Å². The molecule has 0 amide bonds. The van der Waals surface area contributed by atoms with Gasteiger partial charge in [0.25, 0.3) is 0 Å². The molecule has 1 saturated carbocycles. The summed E-state index contributed by atoms with van der Waals surface area (Å²) in [5.41, 5.74) is 2.83. The Balaban J connectivity index is 0.00000341. The van der Waals surface area contributed by atoms with Gasteiger partial charge in [-0.25, -0.2) is 4.99 Å². The van der Waals surface area contributed by atoms with Gasteiger partial charge < -0.3 is 20.3 Å². The first kappa shape index (κ1) is 26.4. The highest BCUT2D eigenvalue weighted by Gasteiger charge is 2.38. The molecule has 2 fully saturated rings. The molecule has 2 aliphatic rings. The van der Waals surface area contributed by atoms with Crippen molar-refractivity contribution in [2.24, 2.45) is 4.99 Å². The van der Waals surface area contributed by atoms with Crippen molar-refractivity contribution in [2.45, 2.75) is 57.7 Å². The number of nitrogens with zero attached hydrogens (tertiary/aromatic N) is 3. The molecule has 0 unspecified atom stereocenters. The van der Waals surface area contributed by atoms with Gasteiger partial charge in [0.15, 0.2) is 5.96 Å². The predicted molar refractivity (Wildman–Crippen MR) is 140 cm³/mol. The maximum Gasteiger partial charge on any atom is 0.191 e. The lowest BCUT2D eigenvalue weighted by Crippen LogP contribution is -2.60. The lowest BCUT2D eigenvalue weighted by molar-refractivity contribution is -0.0352. The van der Waals surface area contributed by atoms with E-state index in [1.807, 2.05) is 0 Å². The zero-order valence-corrected chi connectivity index (χ0v) is 22.0. The number of rotatable bonds is 8. The van der Waals surface area contributed by atoms with Crippen molar-refractivity contribution in [1.29, 1.82) is 0 Å². The minimum Gasteiger partial charge on any atom is -0.379 e. The summed E-state index contributed by atoms with van der Waals surface area (Å²) in [6, 6.07) is 8.76. The lowest BCUT2D eigenvalue weighted by atomic mass is 9.80. The topological polar surface area (TPSA) is 52.1 Å². The van der Waals surface area contributed by atoms with E-state index in [9.17, 15) is 0 Å². The normalized spacial score (nSPS) is 19.7. The highest BCUT2D eigenvalue weighted by Crippen LogP contribution is 2.33. The van der Waals surface area contributed by atoms with Crippen molar-refractivity contribution >= 4 is 29.9 Å². The first-order valence-corrected chi connectivity index (χ1v) is 11.7. The van der Waals surface area contributed by atoms with E-state index in [1.165, 1.54) is 43.2 Å². The van der Waals surface area contributed by atoms with Gasteiger partial charge >= 0.3 is 0 Å². The van der Waals surface area contributed by atoms with Gasteiger partial charge in [-0.15, -0.1) is 24.0 Å². The molecule has 176 valence electrons. The van der Waals surface area contributed by atoms with Crippen LogP contribution in [0.5, 0.6) is 0 Å². The summed E-state index contributed by atoms with van der Waals surface area (Å²) >= 11 is 0. The van der Waals surface area contributed by atoms with Gasteiger partial charge in [0, 0.05) is 38.3 Å². The zero-order valence-electron chi connectivity index (χ0n) is 19.7. The van der Waals surface area contributed by atoms with E-state index in [1.54, 1.807) is 0 Å². The number of nitrogens with one attached hydrogen (secondary N) is 2. The number of ether oxygens (including phenoxy) is 1. The summed E-state index contributed by atoms with van der Waals surface area (Å²) < 4.78 is 5.62. The molecule has 7 heteroatoms. The summed E-state index contributed by atoms with van der Waals surface area (Å²) in [6.07, 6.45) is 6.55. The van der Waals surface area contributed by atoms with Gasteiger partial charge in [-0.3, -0.25) is 4.90 Å². The van der Waals surface area contributed by atoms with Crippen LogP contribution < -0.4 is 10.6 Å². The fourth-order valence-corrected chi connectivity index (χ4v) is 4.80. The molecule has 1 aromatic rings. The number of halogens is 1. The molecule has 1 heterocycles. The Morgan fingerprint density at radius 3 is 2.48 bits per heavy atom. The van der Waals surface area contributed by atoms with Crippen LogP contribution >= 0.6 is 24.0 Å². The number of guanidine groups is 1. The van der Waals surface area contributed by atoms with Crippen LogP contribution in [-0.4, -0.2) is 74.8 Å². The summed E-state index contributed by atoms with van der Waals surface area (Å²) in [6.45, 7) is 9.43. The van der Waals surface area contributed by atoms with Crippen LogP contribution in [0.3, 0.4) is 0 Å². The molecular formula is C24H42IN5O. The van der Waals surface area contributed by atoms with Gasteiger partial charge in [0.05, 0.1) is 19.8 Å². The second-order valence-corrected chi connectivity index (χ2v) is 8.99. The highest BCUT2D eigenvalue weighted by atomic mass is 127. The van der Waals surface area contributed by atoms with E-state index in [0.29, 0.717) is 6.54 Å². The van der Waals surface area contributed by atoms with Gasteiger partial charge in [0.2, 0.25) is 0 Å². The van der Waals surface area contributed by atoms with E-state index in [4.69, 9.17) is 9.73 Å². The monoisotopic (exact) mass is 543 g/mol. The average molecular weight is 544 g/mol.